The lowest BCUT2D eigenvalue weighted by Gasteiger charge is -2.40. The van der Waals surface area contributed by atoms with E-state index < -0.39 is 6.04 Å². The number of carbonyl (C=O) groups is 1. The van der Waals surface area contributed by atoms with Crippen LogP contribution in [0.2, 0.25) is 0 Å². The second-order valence-corrected chi connectivity index (χ2v) is 6.15. The maximum Gasteiger partial charge on any atom is 0.239 e. The van der Waals surface area contributed by atoms with Crippen LogP contribution in [-0.2, 0) is 16.0 Å². The zero-order valence-electron chi connectivity index (χ0n) is 13.0. The fourth-order valence-electron chi connectivity index (χ4n) is 2.89. The van der Waals surface area contributed by atoms with Gasteiger partial charge in [0.2, 0.25) is 5.91 Å². The summed E-state index contributed by atoms with van der Waals surface area (Å²) < 4.78 is 5.53. The summed E-state index contributed by atoms with van der Waals surface area (Å²) in [5.74, 6) is 0.0499. The van der Waals surface area contributed by atoms with Crippen molar-refractivity contribution in [3.63, 3.8) is 0 Å². The largest absolute Gasteiger partial charge is 0.377 e. The number of carbonyl (C=O) groups excluding carboxylic acids is 1. The van der Waals surface area contributed by atoms with E-state index in [0.717, 1.165) is 25.8 Å². The van der Waals surface area contributed by atoms with Crippen LogP contribution in [0, 0.1) is 0 Å². The number of piperidine rings is 1. The van der Waals surface area contributed by atoms with E-state index >= 15 is 0 Å². The van der Waals surface area contributed by atoms with Crippen molar-refractivity contribution in [3.05, 3.63) is 35.9 Å². The summed E-state index contributed by atoms with van der Waals surface area (Å²) in [4.78, 5) is 14.3. The molecule has 2 atom stereocenters. The van der Waals surface area contributed by atoms with Crippen molar-refractivity contribution in [3.8, 4) is 0 Å². The summed E-state index contributed by atoms with van der Waals surface area (Å²) in [6.45, 7) is 3.49. The van der Waals surface area contributed by atoms with Crippen molar-refractivity contribution in [1.82, 2.24) is 4.90 Å². The normalized spacial score (nSPS) is 23.9. The standard InChI is InChI=1S/C17H26N2O2/c1-17(21-2)11-6-12-19(13-17)16(20)15(18)10-9-14-7-4-3-5-8-14/h3-5,7-8,15H,6,9-13,18H2,1-2H3/t15-,17?/m0/s1. The Kier molecular flexibility index (Phi) is 5.37. The highest BCUT2D eigenvalue weighted by atomic mass is 16.5. The summed E-state index contributed by atoms with van der Waals surface area (Å²) >= 11 is 0. The summed E-state index contributed by atoms with van der Waals surface area (Å²) in [5, 5.41) is 0. The van der Waals surface area contributed by atoms with E-state index in [1.807, 2.05) is 23.1 Å². The van der Waals surface area contributed by atoms with Gasteiger partial charge in [0.05, 0.1) is 11.6 Å². The van der Waals surface area contributed by atoms with Crippen molar-refractivity contribution in [2.45, 2.75) is 44.2 Å². The Morgan fingerprint density at radius 3 is 2.81 bits per heavy atom. The van der Waals surface area contributed by atoms with Gasteiger partial charge in [-0.1, -0.05) is 30.3 Å². The number of nitrogens with two attached hydrogens (primary N) is 1. The molecule has 1 fully saturated rings. The first-order valence-electron chi connectivity index (χ1n) is 7.67. The maximum absolute atomic E-state index is 12.5. The smallest absolute Gasteiger partial charge is 0.239 e. The van der Waals surface area contributed by atoms with E-state index in [1.165, 1.54) is 5.56 Å². The molecule has 1 saturated heterocycles. The third-order valence-corrected chi connectivity index (χ3v) is 4.37. The number of likely N-dealkylation sites (tertiary alicyclic amines) is 1. The van der Waals surface area contributed by atoms with Crippen LogP contribution in [0.25, 0.3) is 0 Å². The van der Waals surface area contributed by atoms with Gasteiger partial charge >= 0.3 is 0 Å². The number of ether oxygens (including phenoxy) is 1. The van der Waals surface area contributed by atoms with Crippen LogP contribution in [-0.4, -0.2) is 42.6 Å². The van der Waals surface area contributed by atoms with Crippen molar-refractivity contribution >= 4 is 5.91 Å². The first kappa shape index (κ1) is 16.0. The zero-order chi connectivity index (χ0) is 15.3. The molecule has 1 aromatic rings. The lowest BCUT2D eigenvalue weighted by Crippen LogP contribution is -2.53. The van der Waals surface area contributed by atoms with Crippen LogP contribution in [0.3, 0.4) is 0 Å². The van der Waals surface area contributed by atoms with Crippen molar-refractivity contribution in [2.24, 2.45) is 5.73 Å². The van der Waals surface area contributed by atoms with Gasteiger partial charge in [0.1, 0.15) is 0 Å². The third kappa shape index (κ3) is 4.29. The lowest BCUT2D eigenvalue weighted by atomic mass is 9.94. The van der Waals surface area contributed by atoms with Crippen molar-refractivity contribution < 1.29 is 9.53 Å². The zero-order valence-corrected chi connectivity index (χ0v) is 13.0. The molecule has 0 bridgehead atoms. The molecule has 116 valence electrons. The molecule has 2 N–H and O–H groups in total. The molecular formula is C17H26N2O2. The van der Waals surface area contributed by atoms with Gasteiger partial charge in [-0.2, -0.15) is 0 Å². The molecule has 4 nitrogen and oxygen atoms in total. The Balaban J connectivity index is 1.87. The Hall–Kier alpha value is -1.39. The second kappa shape index (κ2) is 7.05. The number of nitrogens with zero attached hydrogens (tertiary/aromatic N) is 1. The molecule has 0 aromatic heterocycles. The van der Waals surface area contributed by atoms with Crippen LogP contribution in [0.1, 0.15) is 31.7 Å². The number of methoxy groups -OCH3 is 1. The molecule has 0 saturated carbocycles. The molecule has 1 aliphatic rings. The number of amides is 1. The molecule has 1 amide bonds. The van der Waals surface area contributed by atoms with Gasteiger partial charge in [0.15, 0.2) is 0 Å². The first-order valence-corrected chi connectivity index (χ1v) is 7.67. The molecule has 1 aliphatic heterocycles. The summed E-state index contributed by atoms with van der Waals surface area (Å²) in [6, 6.07) is 9.73. The van der Waals surface area contributed by atoms with E-state index in [2.05, 4.69) is 19.1 Å². The number of benzene rings is 1. The van der Waals surface area contributed by atoms with Crippen molar-refractivity contribution in [2.75, 3.05) is 20.2 Å². The van der Waals surface area contributed by atoms with Crippen molar-refractivity contribution in [1.29, 1.82) is 0 Å². The van der Waals surface area contributed by atoms with Crippen LogP contribution in [0.15, 0.2) is 30.3 Å². The van der Waals surface area contributed by atoms with Gasteiger partial charge in [-0.3, -0.25) is 4.79 Å². The molecule has 2 rings (SSSR count). The van der Waals surface area contributed by atoms with E-state index in [-0.39, 0.29) is 11.5 Å². The minimum Gasteiger partial charge on any atom is -0.377 e. The lowest BCUT2D eigenvalue weighted by molar-refractivity contribution is -0.140. The molecule has 4 heteroatoms. The van der Waals surface area contributed by atoms with Gasteiger partial charge < -0.3 is 15.4 Å². The summed E-state index contributed by atoms with van der Waals surface area (Å²) in [7, 11) is 1.71. The third-order valence-electron chi connectivity index (χ3n) is 4.37. The molecule has 21 heavy (non-hydrogen) atoms. The summed E-state index contributed by atoms with van der Waals surface area (Å²) in [5.41, 5.74) is 7.09. The molecule has 0 spiro atoms. The van der Waals surface area contributed by atoms with Gasteiger partial charge in [0, 0.05) is 20.2 Å². The highest BCUT2D eigenvalue weighted by molar-refractivity contribution is 5.81. The molecule has 0 aliphatic carbocycles. The van der Waals surface area contributed by atoms with Crippen LogP contribution < -0.4 is 5.73 Å². The second-order valence-electron chi connectivity index (χ2n) is 6.15. The predicted molar refractivity (Wildman–Crippen MR) is 84.0 cm³/mol. The fourth-order valence-corrected chi connectivity index (χ4v) is 2.89. The fraction of sp³-hybridized carbons (Fsp3) is 0.588. The topological polar surface area (TPSA) is 55.6 Å². The monoisotopic (exact) mass is 290 g/mol. The van der Waals surface area contributed by atoms with Crippen LogP contribution in [0.5, 0.6) is 0 Å². The number of hydrogen-bond donors (Lipinski definition) is 1. The Morgan fingerprint density at radius 1 is 1.43 bits per heavy atom. The van der Waals surface area contributed by atoms with Gasteiger partial charge in [-0.05, 0) is 38.2 Å². The van der Waals surface area contributed by atoms with Crippen LogP contribution >= 0.6 is 0 Å². The quantitative estimate of drug-likeness (QED) is 0.902. The predicted octanol–water partition coefficient (Wildman–Crippen LogP) is 1.97. The Morgan fingerprint density at radius 2 is 2.14 bits per heavy atom. The molecule has 0 radical (unpaired) electrons. The highest BCUT2D eigenvalue weighted by Gasteiger charge is 2.34. The highest BCUT2D eigenvalue weighted by Crippen LogP contribution is 2.24. The average molecular weight is 290 g/mol. The molecular weight excluding hydrogens is 264 g/mol. The maximum atomic E-state index is 12.5. The van der Waals surface area contributed by atoms with E-state index in [1.54, 1.807) is 7.11 Å². The molecule has 1 unspecified atom stereocenters. The van der Waals surface area contributed by atoms with Crippen LogP contribution in [0.4, 0.5) is 0 Å². The average Bonchev–Trinajstić information content (AvgIpc) is 2.53. The minimum absolute atomic E-state index is 0.0499. The molecule has 1 heterocycles. The summed E-state index contributed by atoms with van der Waals surface area (Å²) in [6.07, 6.45) is 3.49. The first-order chi connectivity index (χ1) is 10.0. The number of hydrogen-bond acceptors (Lipinski definition) is 3. The molecule has 1 aromatic carbocycles. The van der Waals surface area contributed by atoms with Gasteiger partial charge in [-0.15, -0.1) is 0 Å². The van der Waals surface area contributed by atoms with Gasteiger partial charge in [-0.25, -0.2) is 0 Å². The minimum atomic E-state index is -0.426. The number of aryl methyl sites for hydroxylation is 1. The Bertz CT molecular complexity index is 463. The number of rotatable bonds is 5. The Labute approximate surface area is 127 Å². The van der Waals surface area contributed by atoms with Gasteiger partial charge in [0.25, 0.3) is 0 Å². The van der Waals surface area contributed by atoms with E-state index in [0.29, 0.717) is 13.0 Å². The van der Waals surface area contributed by atoms with E-state index in [9.17, 15) is 4.79 Å². The SMILES string of the molecule is COC1(C)CCCN(C(=O)[C@@H](N)CCc2ccccc2)C1. The van der Waals surface area contributed by atoms with E-state index in [4.69, 9.17) is 10.5 Å².